The zero-order valence-corrected chi connectivity index (χ0v) is 23.6. The lowest BCUT2D eigenvalue weighted by Crippen LogP contribution is -2.31. The first-order valence-electron chi connectivity index (χ1n) is 14.2. The predicted octanol–water partition coefficient (Wildman–Crippen LogP) is 6.69. The van der Waals surface area contributed by atoms with Crippen molar-refractivity contribution in [1.29, 1.82) is 0 Å². The van der Waals surface area contributed by atoms with E-state index in [1.165, 1.54) is 29.5 Å². The Morgan fingerprint density at radius 3 is 2.46 bits per heavy atom. The lowest BCUT2D eigenvalue weighted by molar-refractivity contribution is -0.137. The van der Waals surface area contributed by atoms with Crippen LogP contribution in [0.1, 0.15) is 78.3 Å². The van der Waals surface area contributed by atoms with Crippen molar-refractivity contribution in [2.45, 2.75) is 74.5 Å². The van der Waals surface area contributed by atoms with Gasteiger partial charge in [-0.15, -0.1) is 0 Å². The number of alkyl halides is 3. The van der Waals surface area contributed by atoms with Gasteiger partial charge in [0, 0.05) is 19.4 Å². The van der Waals surface area contributed by atoms with Crippen LogP contribution < -0.4 is 10.0 Å². The summed E-state index contributed by atoms with van der Waals surface area (Å²) in [6, 6.07) is 17.9. The minimum absolute atomic E-state index is 0.0521. The summed E-state index contributed by atoms with van der Waals surface area (Å²) in [5.74, 6) is 0.770. The fourth-order valence-electron chi connectivity index (χ4n) is 5.63. The molecule has 3 aromatic carbocycles. The maximum absolute atomic E-state index is 13.4. The zero-order valence-electron chi connectivity index (χ0n) is 22.8. The molecule has 0 unspecified atom stereocenters. The molecule has 1 saturated carbocycles. The Balaban J connectivity index is 1.29. The van der Waals surface area contributed by atoms with Crippen LogP contribution in [0.3, 0.4) is 0 Å². The molecule has 9 heteroatoms. The largest absolute Gasteiger partial charge is 0.416 e. The van der Waals surface area contributed by atoms with Gasteiger partial charge in [0.05, 0.1) is 16.5 Å². The van der Waals surface area contributed by atoms with E-state index in [4.69, 9.17) is 0 Å². The van der Waals surface area contributed by atoms with Crippen molar-refractivity contribution >= 4 is 15.8 Å². The molecule has 41 heavy (non-hydrogen) atoms. The lowest BCUT2D eigenvalue weighted by Gasteiger charge is -2.27. The number of carbonyl (C=O) groups is 1. The third kappa shape index (κ3) is 7.84. The molecule has 2 aliphatic rings. The maximum atomic E-state index is 13.4. The molecule has 0 heterocycles. The predicted molar refractivity (Wildman–Crippen MR) is 152 cm³/mol. The van der Waals surface area contributed by atoms with Crippen LogP contribution in [-0.2, 0) is 34.0 Å². The van der Waals surface area contributed by atoms with Gasteiger partial charge in [-0.1, -0.05) is 54.6 Å². The number of carbonyl (C=O) groups excluding carboxylic acids is 1. The first kappa shape index (κ1) is 29.5. The van der Waals surface area contributed by atoms with E-state index >= 15 is 0 Å². The Morgan fingerprint density at radius 2 is 1.73 bits per heavy atom. The number of Topliss-reactive ketones (excluding diaryl/α,β-unsaturated/α-hetero) is 1. The highest BCUT2D eigenvalue weighted by Gasteiger charge is 2.33. The Morgan fingerprint density at radius 1 is 0.951 bits per heavy atom. The minimum atomic E-state index is -4.68. The molecule has 2 aliphatic carbocycles. The molecule has 0 saturated heterocycles. The van der Waals surface area contributed by atoms with Crippen molar-refractivity contribution < 1.29 is 26.4 Å². The summed E-state index contributed by atoms with van der Waals surface area (Å²) in [5, 5.41) is 3.53. The van der Waals surface area contributed by atoms with E-state index in [1.807, 2.05) is 0 Å². The number of benzene rings is 3. The second-order valence-corrected chi connectivity index (χ2v) is 13.0. The van der Waals surface area contributed by atoms with Crippen LogP contribution in [0.2, 0.25) is 0 Å². The van der Waals surface area contributed by atoms with E-state index in [2.05, 4.69) is 28.2 Å². The molecule has 218 valence electrons. The number of ketones is 1. The molecule has 0 aliphatic heterocycles. The molecule has 0 radical (unpaired) electrons. The Kier molecular flexibility index (Phi) is 8.97. The number of rotatable bonds is 12. The second kappa shape index (κ2) is 12.5. The van der Waals surface area contributed by atoms with E-state index in [0.717, 1.165) is 56.5 Å². The van der Waals surface area contributed by atoms with Gasteiger partial charge in [-0.05, 0) is 90.9 Å². The third-order valence-electron chi connectivity index (χ3n) is 7.98. The molecule has 0 spiro atoms. The molecule has 0 amide bonds. The van der Waals surface area contributed by atoms with Crippen LogP contribution in [0.15, 0.2) is 77.7 Å². The summed E-state index contributed by atoms with van der Waals surface area (Å²) in [7, 11) is -4.34. The van der Waals surface area contributed by atoms with Gasteiger partial charge < -0.3 is 5.32 Å². The molecule has 2 N–H and O–H groups in total. The SMILES string of the molecule is O=C(C[C@@H]1CCCc2cc(CNCC3CC3)ccc21)C[C@@H](NS(=O)(=O)c1cccc(C(F)(F)F)c1)c1ccccc1. The second-order valence-electron chi connectivity index (χ2n) is 11.3. The smallest absolute Gasteiger partial charge is 0.312 e. The minimum Gasteiger partial charge on any atom is -0.312 e. The Labute approximate surface area is 239 Å². The quantitative estimate of drug-likeness (QED) is 0.249. The summed E-state index contributed by atoms with van der Waals surface area (Å²) < 4.78 is 68.6. The average Bonchev–Trinajstić information content (AvgIpc) is 3.77. The van der Waals surface area contributed by atoms with Crippen molar-refractivity contribution in [3.8, 4) is 0 Å². The maximum Gasteiger partial charge on any atom is 0.416 e. The van der Waals surface area contributed by atoms with Crippen molar-refractivity contribution in [3.63, 3.8) is 0 Å². The zero-order chi connectivity index (χ0) is 29.0. The molecule has 0 aromatic heterocycles. The average molecular weight is 585 g/mol. The monoisotopic (exact) mass is 584 g/mol. The van der Waals surface area contributed by atoms with Gasteiger partial charge in [-0.3, -0.25) is 4.79 Å². The molecule has 0 bridgehead atoms. The van der Waals surface area contributed by atoms with E-state index in [1.54, 1.807) is 30.3 Å². The van der Waals surface area contributed by atoms with Crippen molar-refractivity contribution in [3.05, 3.63) is 101 Å². The standard InChI is InChI=1S/C32H35F3N2O3S/c33-32(34,35)27-10-5-11-29(18-27)41(39,40)37-31(24-6-2-1-3-7-24)19-28(38)17-26-9-4-8-25-16-23(14-15-30(25)26)21-36-20-22-12-13-22/h1-3,5-7,10-11,14-16,18,22,26,31,36-37H,4,8-9,12-13,17,19-21H2/t26-,31+/m0/s1. The highest BCUT2D eigenvalue weighted by atomic mass is 32.2. The molecule has 2 atom stereocenters. The van der Waals surface area contributed by atoms with Gasteiger partial charge in [-0.2, -0.15) is 13.2 Å². The molecular formula is C32H35F3N2O3S. The molecule has 5 nitrogen and oxygen atoms in total. The Bertz CT molecular complexity index is 1470. The number of hydrogen-bond acceptors (Lipinski definition) is 4. The highest BCUT2D eigenvalue weighted by Crippen LogP contribution is 2.36. The summed E-state index contributed by atoms with van der Waals surface area (Å²) in [5.41, 5.74) is 3.21. The van der Waals surface area contributed by atoms with Crippen LogP contribution in [0.5, 0.6) is 0 Å². The lowest BCUT2D eigenvalue weighted by atomic mass is 9.79. The van der Waals surface area contributed by atoms with Crippen molar-refractivity contribution in [1.82, 2.24) is 10.0 Å². The highest BCUT2D eigenvalue weighted by molar-refractivity contribution is 7.89. The van der Waals surface area contributed by atoms with Crippen LogP contribution >= 0.6 is 0 Å². The van der Waals surface area contributed by atoms with E-state index < -0.39 is 32.7 Å². The van der Waals surface area contributed by atoms with Crippen LogP contribution in [0, 0.1) is 5.92 Å². The number of sulfonamides is 1. The molecular weight excluding hydrogens is 549 g/mol. The molecule has 5 rings (SSSR count). The summed E-state index contributed by atoms with van der Waals surface area (Å²) in [6.45, 7) is 1.88. The van der Waals surface area contributed by atoms with Gasteiger partial charge >= 0.3 is 6.18 Å². The van der Waals surface area contributed by atoms with Gasteiger partial charge in [0.1, 0.15) is 5.78 Å². The van der Waals surface area contributed by atoms with E-state index in [-0.39, 0.29) is 24.5 Å². The fourth-order valence-corrected chi connectivity index (χ4v) is 6.90. The summed E-state index contributed by atoms with van der Waals surface area (Å²) in [6.07, 6.45) is 0.954. The van der Waals surface area contributed by atoms with Crippen molar-refractivity contribution in [2.75, 3.05) is 6.54 Å². The number of nitrogens with one attached hydrogen (secondary N) is 2. The van der Waals surface area contributed by atoms with E-state index in [0.29, 0.717) is 11.6 Å². The number of halogens is 3. The molecule has 1 fully saturated rings. The summed E-state index contributed by atoms with van der Waals surface area (Å²) in [4.78, 5) is 12.9. The topological polar surface area (TPSA) is 75.3 Å². The summed E-state index contributed by atoms with van der Waals surface area (Å²) >= 11 is 0. The number of fused-ring (bicyclic) bond motifs is 1. The van der Waals surface area contributed by atoms with Gasteiger partial charge in [0.15, 0.2) is 0 Å². The van der Waals surface area contributed by atoms with Gasteiger partial charge in [0.25, 0.3) is 0 Å². The van der Waals surface area contributed by atoms with Gasteiger partial charge in [-0.25, -0.2) is 13.1 Å². The fraction of sp³-hybridized carbons (Fsp3) is 0.406. The first-order valence-corrected chi connectivity index (χ1v) is 15.7. The third-order valence-corrected chi connectivity index (χ3v) is 9.45. The van der Waals surface area contributed by atoms with Crippen molar-refractivity contribution in [2.24, 2.45) is 5.92 Å². The number of aryl methyl sites for hydroxylation is 1. The van der Waals surface area contributed by atoms with Gasteiger partial charge in [0.2, 0.25) is 10.0 Å². The van der Waals surface area contributed by atoms with E-state index in [9.17, 15) is 26.4 Å². The Hall–Kier alpha value is -3.01. The van der Waals surface area contributed by atoms with Crippen LogP contribution in [0.4, 0.5) is 13.2 Å². The first-order chi connectivity index (χ1) is 19.6. The number of hydrogen-bond donors (Lipinski definition) is 2. The van der Waals surface area contributed by atoms with Crippen LogP contribution in [0.25, 0.3) is 0 Å². The van der Waals surface area contributed by atoms with Crippen LogP contribution in [-0.4, -0.2) is 20.7 Å². The normalized spacial score (nSPS) is 18.1. The molecule has 3 aromatic rings.